The zero-order chi connectivity index (χ0) is 11.4. The summed E-state index contributed by atoms with van der Waals surface area (Å²) in [6.45, 7) is 1.95. The number of rotatable bonds is 2. The van der Waals surface area contributed by atoms with Crippen LogP contribution in [-0.4, -0.2) is 22.5 Å². The molecule has 84 valence electrons. The Balaban J connectivity index is 2.14. The molecule has 2 rings (SSSR count). The molecule has 16 heavy (non-hydrogen) atoms. The summed E-state index contributed by atoms with van der Waals surface area (Å²) in [5, 5.41) is 12.5. The Morgan fingerprint density at radius 3 is 2.94 bits per heavy atom. The van der Waals surface area contributed by atoms with Crippen molar-refractivity contribution in [1.82, 2.24) is 4.98 Å². The fraction of sp³-hybridized carbons (Fsp3) is 0.500. The lowest BCUT2D eigenvalue weighted by atomic mass is 10.1. The molecular weight excluding hydrogens is 218 g/mol. The first kappa shape index (κ1) is 11.3. The SMILES string of the molecule is Cc1ccnc(NC2CCSCC2)c1C#N. The third-order valence-corrected chi connectivity index (χ3v) is 3.88. The second-order valence-electron chi connectivity index (χ2n) is 3.99. The first-order chi connectivity index (χ1) is 7.81. The Bertz CT molecular complexity index is 405. The molecule has 0 aliphatic carbocycles. The lowest BCUT2D eigenvalue weighted by Gasteiger charge is -2.23. The van der Waals surface area contributed by atoms with Gasteiger partial charge in [-0.2, -0.15) is 17.0 Å². The van der Waals surface area contributed by atoms with Crippen LogP contribution in [0.3, 0.4) is 0 Å². The van der Waals surface area contributed by atoms with E-state index in [1.165, 1.54) is 11.5 Å². The number of pyridine rings is 1. The van der Waals surface area contributed by atoms with Crippen molar-refractivity contribution in [2.75, 3.05) is 16.8 Å². The van der Waals surface area contributed by atoms with Crippen molar-refractivity contribution in [3.63, 3.8) is 0 Å². The quantitative estimate of drug-likeness (QED) is 0.853. The van der Waals surface area contributed by atoms with Gasteiger partial charge in [-0.1, -0.05) is 0 Å². The van der Waals surface area contributed by atoms with Crippen LogP contribution in [0.1, 0.15) is 24.0 Å². The highest BCUT2D eigenvalue weighted by Crippen LogP contribution is 2.22. The normalized spacial score (nSPS) is 16.8. The van der Waals surface area contributed by atoms with Gasteiger partial charge in [0.15, 0.2) is 0 Å². The molecule has 0 amide bonds. The van der Waals surface area contributed by atoms with Crippen molar-refractivity contribution >= 4 is 17.6 Å². The number of thioether (sulfide) groups is 1. The number of hydrogen-bond acceptors (Lipinski definition) is 4. The molecule has 4 heteroatoms. The molecule has 1 aromatic heterocycles. The number of nitriles is 1. The molecule has 1 saturated heterocycles. The van der Waals surface area contributed by atoms with E-state index in [4.69, 9.17) is 5.26 Å². The lowest BCUT2D eigenvalue weighted by Crippen LogP contribution is -2.25. The molecule has 0 radical (unpaired) electrons. The van der Waals surface area contributed by atoms with Crippen molar-refractivity contribution < 1.29 is 0 Å². The van der Waals surface area contributed by atoms with Crippen LogP contribution in [0.25, 0.3) is 0 Å². The van der Waals surface area contributed by atoms with E-state index in [-0.39, 0.29) is 0 Å². The van der Waals surface area contributed by atoms with Crippen molar-refractivity contribution in [1.29, 1.82) is 5.26 Å². The zero-order valence-electron chi connectivity index (χ0n) is 9.36. The van der Waals surface area contributed by atoms with Crippen LogP contribution in [-0.2, 0) is 0 Å². The van der Waals surface area contributed by atoms with E-state index in [0.29, 0.717) is 11.6 Å². The van der Waals surface area contributed by atoms with Crippen molar-refractivity contribution in [3.05, 3.63) is 23.4 Å². The molecule has 1 aliphatic heterocycles. The Kier molecular flexibility index (Phi) is 3.68. The van der Waals surface area contributed by atoms with E-state index in [1.807, 2.05) is 24.8 Å². The summed E-state index contributed by atoms with van der Waals surface area (Å²) in [5.41, 5.74) is 1.67. The average molecular weight is 233 g/mol. The minimum absolute atomic E-state index is 0.475. The summed E-state index contributed by atoms with van der Waals surface area (Å²) in [4.78, 5) is 4.26. The monoisotopic (exact) mass is 233 g/mol. The molecule has 0 aromatic carbocycles. The molecule has 3 nitrogen and oxygen atoms in total. The van der Waals surface area contributed by atoms with E-state index >= 15 is 0 Å². The molecule has 0 bridgehead atoms. The summed E-state index contributed by atoms with van der Waals surface area (Å²) in [7, 11) is 0. The largest absolute Gasteiger partial charge is 0.366 e. The van der Waals surface area contributed by atoms with Gasteiger partial charge in [-0.3, -0.25) is 0 Å². The maximum absolute atomic E-state index is 9.09. The molecule has 1 N–H and O–H groups in total. The lowest BCUT2D eigenvalue weighted by molar-refractivity contribution is 0.663. The first-order valence-electron chi connectivity index (χ1n) is 5.51. The molecule has 0 atom stereocenters. The zero-order valence-corrected chi connectivity index (χ0v) is 10.2. The number of aromatic nitrogens is 1. The number of anilines is 1. The minimum Gasteiger partial charge on any atom is -0.366 e. The number of nitrogens with one attached hydrogen (secondary N) is 1. The van der Waals surface area contributed by atoms with Crippen LogP contribution in [0.4, 0.5) is 5.82 Å². The van der Waals surface area contributed by atoms with Crippen molar-refractivity contribution in [2.24, 2.45) is 0 Å². The van der Waals surface area contributed by atoms with Crippen LogP contribution in [0.2, 0.25) is 0 Å². The van der Waals surface area contributed by atoms with Gasteiger partial charge in [-0.05, 0) is 42.9 Å². The molecular formula is C12H15N3S. The molecule has 0 saturated carbocycles. The Morgan fingerprint density at radius 2 is 2.25 bits per heavy atom. The van der Waals surface area contributed by atoms with E-state index in [1.54, 1.807) is 6.20 Å². The van der Waals surface area contributed by atoms with E-state index in [9.17, 15) is 0 Å². The predicted octanol–water partition coefficient (Wildman–Crippen LogP) is 2.57. The minimum atomic E-state index is 0.475. The third-order valence-electron chi connectivity index (χ3n) is 2.83. The Labute approximate surface area is 100 Å². The summed E-state index contributed by atoms with van der Waals surface area (Å²) in [5.74, 6) is 3.15. The first-order valence-corrected chi connectivity index (χ1v) is 6.66. The van der Waals surface area contributed by atoms with E-state index in [2.05, 4.69) is 16.4 Å². The van der Waals surface area contributed by atoms with E-state index < -0.39 is 0 Å². The van der Waals surface area contributed by atoms with Gasteiger partial charge < -0.3 is 5.32 Å². The van der Waals surface area contributed by atoms with Crippen LogP contribution < -0.4 is 5.32 Å². The van der Waals surface area contributed by atoms with Crippen LogP contribution >= 0.6 is 11.8 Å². The standard InChI is InChI=1S/C12H15N3S/c1-9-2-5-14-12(11(9)8-13)15-10-3-6-16-7-4-10/h2,5,10H,3-4,6-7H2,1H3,(H,14,15). The molecule has 1 fully saturated rings. The van der Waals surface area contributed by atoms with Gasteiger partial charge in [-0.25, -0.2) is 4.98 Å². The maximum Gasteiger partial charge on any atom is 0.144 e. The number of aryl methyl sites for hydroxylation is 1. The highest BCUT2D eigenvalue weighted by atomic mass is 32.2. The van der Waals surface area contributed by atoms with Crippen molar-refractivity contribution in [2.45, 2.75) is 25.8 Å². The Morgan fingerprint density at radius 1 is 1.50 bits per heavy atom. The topological polar surface area (TPSA) is 48.7 Å². The molecule has 2 heterocycles. The second-order valence-corrected chi connectivity index (χ2v) is 5.22. The van der Waals surface area contributed by atoms with Gasteiger partial charge in [-0.15, -0.1) is 0 Å². The highest BCUT2D eigenvalue weighted by Gasteiger charge is 2.15. The molecule has 0 unspecified atom stereocenters. The van der Waals surface area contributed by atoms with Gasteiger partial charge in [0.25, 0.3) is 0 Å². The second kappa shape index (κ2) is 5.22. The average Bonchev–Trinajstić information content (AvgIpc) is 2.31. The van der Waals surface area contributed by atoms with Crippen LogP contribution in [0, 0.1) is 18.3 Å². The summed E-state index contributed by atoms with van der Waals surface area (Å²) < 4.78 is 0. The molecule has 1 aliphatic rings. The van der Waals surface area contributed by atoms with Gasteiger partial charge in [0.1, 0.15) is 11.9 Å². The van der Waals surface area contributed by atoms with Gasteiger partial charge >= 0.3 is 0 Å². The molecule has 0 spiro atoms. The van der Waals surface area contributed by atoms with Gasteiger partial charge in [0.2, 0.25) is 0 Å². The Hall–Kier alpha value is -1.21. The van der Waals surface area contributed by atoms with E-state index in [0.717, 1.165) is 24.2 Å². The highest BCUT2D eigenvalue weighted by molar-refractivity contribution is 7.99. The van der Waals surface area contributed by atoms with Crippen LogP contribution in [0.15, 0.2) is 12.3 Å². The van der Waals surface area contributed by atoms with Crippen molar-refractivity contribution in [3.8, 4) is 6.07 Å². The smallest absolute Gasteiger partial charge is 0.144 e. The van der Waals surface area contributed by atoms with Gasteiger partial charge in [0, 0.05) is 12.2 Å². The summed E-state index contributed by atoms with van der Waals surface area (Å²) >= 11 is 2.00. The summed E-state index contributed by atoms with van der Waals surface area (Å²) in [6, 6.07) is 4.57. The molecule has 1 aromatic rings. The van der Waals surface area contributed by atoms with Crippen LogP contribution in [0.5, 0.6) is 0 Å². The third kappa shape index (κ3) is 2.48. The maximum atomic E-state index is 9.09. The fourth-order valence-corrected chi connectivity index (χ4v) is 2.95. The fourth-order valence-electron chi connectivity index (χ4n) is 1.84. The number of hydrogen-bond donors (Lipinski definition) is 1. The predicted molar refractivity (Wildman–Crippen MR) is 67.7 cm³/mol. The summed E-state index contributed by atoms with van der Waals surface area (Å²) in [6.07, 6.45) is 4.08. The number of nitrogens with zero attached hydrogens (tertiary/aromatic N) is 2. The van der Waals surface area contributed by atoms with Gasteiger partial charge in [0.05, 0.1) is 5.56 Å².